The van der Waals surface area contributed by atoms with Crippen molar-refractivity contribution in [3.05, 3.63) is 48.0 Å². The maximum Gasteiger partial charge on any atom is 0.255 e. The van der Waals surface area contributed by atoms with E-state index < -0.39 is 0 Å². The van der Waals surface area contributed by atoms with Crippen LogP contribution in [0.4, 0.5) is 11.4 Å². The molecule has 6 nitrogen and oxygen atoms in total. The number of rotatable bonds is 9. The second-order valence-corrected chi connectivity index (χ2v) is 5.98. The number of unbranched alkanes of at least 4 members (excludes halogenated alkanes) is 1. The number of carbonyl (C=O) groups is 2. The maximum atomic E-state index is 12.5. The third kappa shape index (κ3) is 6.02. The van der Waals surface area contributed by atoms with Gasteiger partial charge >= 0.3 is 0 Å². The Bertz CT molecular complexity index is 790. The predicted octanol–water partition coefficient (Wildman–Crippen LogP) is 4.47. The molecule has 0 unspecified atom stereocenters. The van der Waals surface area contributed by atoms with E-state index in [1.165, 1.54) is 7.11 Å². The molecule has 2 aromatic rings. The highest BCUT2D eigenvalue weighted by molar-refractivity contribution is 6.05. The Hall–Kier alpha value is -3.02. The second-order valence-electron chi connectivity index (χ2n) is 5.98. The summed E-state index contributed by atoms with van der Waals surface area (Å²) in [5.74, 6) is 0.826. The van der Waals surface area contributed by atoms with E-state index in [0.29, 0.717) is 41.5 Å². The van der Waals surface area contributed by atoms with Crippen molar-refractivity contribution in [1.82, 2.24) is 0 Å². The molecule has 0 aromatic heterocycles. The van der Waals surface area contributed by atoms with Gasteiger partial charge in [-0.15, -0.1) is 0 Å². The van der Waals surface area contributed by atoms with Crippen LogP contribution in [-0.4, -0.2) is 25.5 Å². The van der Waals surface area contributed by atoms with Gasteiger partial charge in [-0.25, -0.2) is 0 Å². The van der Waals surface area contributed by atoms with Crippen molar-refractivity contribution in [2.75, 3.05) is 24.4 Å². The van der Waals surface area contributed by atoms with Gasteiger partial charge < -0.3 is 20.1 Å². The van der Waals surface area contributed by atoms with Crippen molar-refractivity contribution in [2.24, 2.45) is 0 Å². The van der Waals surface area contributed by atoms with Crippen molar-refractivity contribution in [2.45, 2.75) is 33.1 Å². The molecule has 2 aromatic carbocycles. The van der Waals surface area contributed by atoms with Gasteiger partial charge in [-0.3, -0.25) is 9.59 Å². The van der Waals surface area contributed by atoms with Gasteiger partial charge in [0, 0.05) is 23.7 Å². The summed E-state index contributed by atoms with van der Waals surface area (Å²) in [7, 11) is 1.52. The molecule has 0 saturated carbocycles. The number of ether oxygens (including phenoxy) is 2. The van der Waals surface area contributed by atoms with Crippen LogP contribution in [0.5, 0.6) is 11.5 Å². The summed E-state index contributed by atoms with van der Waals surface area (Å²) < 4.78 is 10.8. The largest absolute Gasteiger partial charge is 0.494 e. The first-order valence-corrected chi connectivity index (χ1v) is 9.09. The molecule has 0 fully saturated rings. The summed E-state index contributed by atoms with van der Waals surface area (Å²) in [6.07, 6.45) is 2.26. The number of hydrogen-bond acceptors (Lipinski definition) is 4. The lowest BCUT2D eigenvalue weighted by Gasteiger charge is -2.13. The van der Waals surface area contributed by atoms with Gasteiger partial charge in [0.05, 0.1) is 19.4 Å². The highest BCUT2D eigenvalue weighted by Gasteiger charge is 2.11. The number of amides is 2. The summed E-state index contributed by atoms with van der Waals surface area (Å²) in [5, 5.41) is 5.67. The zero-order valence-corrected chi connectivity index (χ0v) is 16.0. The van der Waals surface area contributed by atoms with Crippen LogP contribution in [0.1, 0.15) is 43.5 Å². The average molecular weight is 370 g/mol. The third-order valence-corrected chi connectivity index (χ3v) is 3.90. The minimum Gasteiger partial charge on any atom is -0.494 e. The van der Waals surface area contributed by atoms with Crippen molar-refractivity contribution >= 4 is 23.2 Å². The van der Waals surface area contributed by atoms with Crippen LogP contribution in [0.3, 0.4) is 0 Å². The number of methoxy groups -OCH3 is 1. The van der Waals surface area contributed by atoms with E-state index in [-0.39, 0.29) is 11.8 Å². The molecule has 0 radical (unpaired) electrons. The summed E-state index contributed by atoms with van der Waals surface area (Å²) in [6, 6.07) is 12.1. The molecule has 2 rings (SSSR count). The zero-order valence-electron chi connectivity index (χ0n) is 16.0. The van der Waals surface area contributed by atoms with Crippen LogP contribution >= 0.6 is 0 Å². The molecule has 0 aliphatic rings. The van der Waals surface area contributed by atoms with E-state index in [1.54, 1.807) is 42.5 Å². The molecule has 0 aliphatic heterocycles. The Morgan fingerprint density at radius 2 is 1.85 bits per heavy atom. The Labute approximate surface area is 159 Å². The van der Waals surface area contributed by atoms with E-state index in [2.05, 4.69) is 10.6 Å². The zero-order chi connectivity index (χ0) is 19.6. The SMILES string of the molecule is CCCCC(=O)Nc1ccc(NC(=O)c2cccc(OCC)c2)cc1OC. The van der Waals surface area contributed by atoms with E-state index in [4.69, 9.17) is 9.47 Å². The molecule has 27 heavy (non-hydrogen) atoms. The monoisotopic (exact) mass is 370 g/mol. The highest BCUT2D eigenvalue weighted by atomic mass is 16.5. The van der Waals surface area contributed by atoms with Crippen molar-refractivity contribution < 1.29 is 19.1 Å². The van der Waals surface area contributed by atoms with Crippen molar-refractivity contribution in [1.29, 1.82) is 0 Å². The minimum absolute atomic E-state index is 0.0559. The quantitative estimate of drug-likeness (QED) is 0.682. The molecule has 0 saturated heterocycles. The Morgan fingerprint density at radius 1 is 1.04 bits per heavy atom. The van der Waals surface area contributed by atoms with Crippen LogP contribution in [0.15, 0.2) is 42.5 Å². The molecule has 6 heteroatoms. The number of hydrogen-bond donors (Lipinski definition) is 2. The minimum atomic E-state index is -0.252. The third-order valence-electron chi connectivity index (χ3n) is 3.90. The summed E-state index contributed by atoms with van der Waals surface area (Å²) >= 11 is 0. The molecule has 0 aliphatic carbocycles. The Morgan fingerprint density at radius 3 is 2.56 bits per heavy atom. The van der Waals surface area contributed by atoms with Crippen LogP contribution in [0.25, 0.3) is 0 Å². The van der Waals surface area contributed by atoms with E-state index in [0.717, 1.165) is 12.8 Å². The van der Waals surface area contributed by atoms with E-state index in [1.807, 2.05) is 13.8 Å². The van der Waals surface area contributed by atoms with Crippen molar-refractivity contribution in [3.8, 4) is 11.5 Å². The predicted molar refractivity (Wildman–Crippen MR) is 107 cm³/mol. The number of nitrogens with one attached hydrogen (secondary N) is 2. The topological polar surface area (TPSA) is 76.7 Å². The lowest BCUT2D eigenvalue weighted by Crippen LogP contribution is -2.14. The molecule has 0 spiro atoms. The van der Waals surface area contributed by atoms with Gasteiger partial charge in [0.15, 0.2) is 0 Å². The highest BCUT2D eigenvalue weighted by Crippen LogP contribution is 2.28. The first kappa shape index (κ1) is 20.3. The van der Waals surface area contributed by atoms with Gasteiger partial charge in [-0.2, -0.15) is 0 Å². The fourth-order valence-corrected chi connectivity index (χ4v) is 2.52. The van der Waals surface area contributed by atoms with Crippen LogP contribution in [0.2, 0.25) is 0 Å². The van der Waals surface area contributed by atoms with Crippen LogP contribution < -0.4 is 20.1 Å². The smallest absolute Gasteiger partial charge is 0.255 e. The van der Waals surface area contributed by atoms with Gasteiger partial charge in [0.1, 0.15) is 11.5 Å². The average Bonchev–Trinajstić information content (AvgIpc) is 2.68. The second kappa shape index (κ2) is 10.2. The number of benzene rings is 2. The molecular weight excluding hydrogens is 344 g/mol. The lowest BCUT2D eigenvalue weighted by atomic mass is 10.2. The number of carbonyl (C=O) groups excluding carboxylic acids is 2. The summed E-state index contributed by atoms with van der Waals surface area (Å²) in [5.41, 5.74) is 1.65. The molecule has 144 valence electrons. The first-order valence-electron chi connectivity index (χ1n) is 9.09. The number of anilines is 2. The van der Waals surface area contributed by atoms with Gasteiger partial charge in [0.2, 0.25) is 5.91 Å². The summed E-state index contributed by atoms with van der Waals surface area (Å²) in [4.78, 5) is 24.4. The molecule has 0 atom stereocenters. The maximum absolute atomic E-state index is 12.5. The van der Waals surface area contributed by atoms with Gasteiger partial charge in [0.25, 0.3) is 5.91 Å². The molecule has 2 amide bonds. The van der Waals surface area contributed by atoms with Gasteiger partial charge in [-0.05, 0) is 43.7 Å². The van der Waals surface area contributed by atoms with Crippen molar-refractivity contribution in [3.63, 3.8) is 0 Å². The lowest BCUT2D eigenvalue weighted by molar-refractivity contribution is -0.116. The Kier molecular flexibility index (Phi) is 7.67. The first-order chi connectivity index (χ1) is 13.1. The van der Waals surface area contributed by atoms with E-state index >= 15 is 0 Å². The van der Waals surface area contributed by atoms with Gasteiger partial charge in [-0.1, -0.05) is 19.4 Å². The van der Waals surface area contributed by atoms with Crippen LogP contribution in [-0.2, 0) is 4.79 Å². The standard InChI is InChI=1S/C21H26N2O4/c1-4-6-10-20(24)23-18-12-11-16(14-19(18)26-3)22-21(25)15-8-7-9-17(13-15)27-5-2/h7-9,11-14H,4-6,10H2,1-3H3,(H,22,25)(H,23,24). The Balaban J connectivity index is 2.09. The van der Waals surface area contributed by atoms with E-state index in [9.17, 15) is 9.59 Å². The normalized spacial score (nSPS) is 10.2. The summed E-state index contributed by atoms with van der Waals surface area (Å²) in [6.45, 7) is 4.46. The fourth-order valence-electron chi connectivity index (χ4n) is 2.52. The molecule has 2 N–H and O–H groups in total. The molecule has 0 bridgehead atoms. The fraction of sp³-hybridized carbons (Fsp3) is 0.333. The van der Waals surface area contributed by atoms with Crippen LogP contribution in [0, 0.1) is 0 Å². The molecular formula is C21H26N2O4. The molecule has 0 heterocycles.